The van der Waals surface area contributed by atoms with Crippen molar-refractivity contribution in [3.8, 4) is 0 Å². The SMILES string of the molecule is Cc1nc(C)c(C(C)NC(C)CN)s1. The topological polar surface area (TPSA) is 50.9 Å². The first kappa shape index (κ1) is 11.6. The van der Waals surface area contributed by atoms with Gasteiger partial charge < -0.3 is 11.1 Å². The van der Waals surface area contributed by atoms with E-state index < -0.39 is 0 Å². The molecule has 3 N–H and O–H groups in total. The second-order valence-corrected chi connectivity index (χ2v) is 4.94. The maximum Gasteiger partial charge on any atom is 0.0900 e. The summed E-state index contributed by atoms with van der Waals surface area (Å²) in [4.78, 5) is 5.73. The summed E-state index contributed by atoms with van der Waals surface area (Å²) < 4.78 is 0. The Balaban J connectivity index is 2.69. The number of nitrogens with two attached hydrogens (primary N) is 1. The summed E-state index contributed by atoms with van der Waals surface area (Å²) in [5, 5.41) is 4.58. The molecule has 1 heterocycles. The van der Waals surface area contributed by atoms with Gasteiger partial charge in [-0.1, -0.05) is 0 Å². The van der Waals surface area contributed by atoms with Crippen LogP contribution in [0.5, 0.6) is 0 Å². The molecule has 0 bridgehead atoms. The highest BCUT2D eigenvalue weighted by Gasteiger charge is 2.13. The fourth-order valence-electron chi connectivity index (χ4n) is 1.52. The molecule has 14 heavy (non-hydrogen) atoms. The van der Waals surface area contributed by atoms with Crippen LogP contribution in [0.2, 0.25) is 0 Å². The summed E-state index contributed by atoms with van der Waals surface area (Å²) in [7, 11) is 0. The van der Waals surface area contributed by atoms with Gasteiger partial charge in [0, 0.05) is 23.5 Å². The van der Waals surface area contributed by atoms with Crippen LogP contribution in [-0.2, 0) is 0 Å². The molecule has 4 heteroatoms. The van der Waals surface area contributed by atoms with Gasteiger partial charge in [0.1, 0.15) is 0 Å². The average Bonchev–Trinajstić information content (AvgIpc) is 2.45. The van der Waals surface area contributed by atoms with Gasteiger partial charge in [0.05, 0.1) is 10.7 Å². The van der Waals surface area contributed by atoms with Gasteiger partial charge >= 0.3 is 0 Å². The third-order valence-corrected chi connectivity index (χ3v) is 3.48. The Kier molecular flexibility index (Phi) is 4.04. The van der Waals surface area contributed by atoms with Gasteiger partial charge in [0.2, 0.25) is 0 Å². The Morgan fingerprint density at radius 3 is 2.50 bits per heavy atom. The predicted molar refractivity (Wildman–Crippen MR) is 61.7 cm³/mol. The van der Waals surface area contributed by atoms with E-state index in [0.29, 0.717) is 18.6 Å². The maximum absolute atomic E-state index is 5.57. The van der Waals surface area contributed by atoms with Crippen LogP contribution in [0, 0.1) is 13.8 Å². The molecule has 0 amide bonds. The van der Waals surface area contributed by atoms with Crippen LogP contribution in [-0.4, -0.2) is 17.6 Å². The molecule has 1 aromatic heterocycles. The minimum atomic E-state index is 0.347. The molecular formula is C10H19N3S. The van der Waals surface area contributed by atoms with E-state index >= 15 is 0 Å². The Hall–Kier alpha value is -0.450. The first-order valence-corrected chi connectivity index (χ1v) is 5.76. The predicted octanol–water partition coefficient (Wildman–Crippen LogP) is 1.76. The van der Waals surface area contributed by atoms with E-state index in [1.54, 1.807) is 11.3 Å². The fourth-order valence-corrected chi connectivity index (χ4v) is 2.46. The number of aryl methyl sites for hydroxylation is 2. The largest absolute Gasteiger partial charge is 0.329 e. The van der Waals surface area contributed by atoms with E-state index in [4.69, 9.17) is 5.73 Å². The third kappa shape index (κ3) is 2.77. The first-order valence-electron chi connectivity index (χ1n) is 4.94. The van der Waals surface area contributed by atoms with E-state index in [-0.39, 0.29) is 0 Å². The van der Waals surface area contributed by atoms with Gasteiger partial charge in [0.15, 0.2) is 0 Å². The molecule has 0 saturated carbocycles. The lowest BCUT2D eigenvalue weighted by atomic mass is 10.2. The number of hydrogen-bond acceptors (Lipinski definition) is 4. The number of rotatable bonds is 4. The molecule has 1 rings (SSSR count). The van der Waals surface area contributed by atoms with E-state index in [9.17, 15) is 0 Å². The summed E-state index contributed by atoms with van der Waals surface area (Å²) in [6, 6.07) is 0.701. The zero-order chi connectivity index (χ0) is 10.7. The van der Waals surface area contributed by atoms with Gasteiger partial charge in [-0.3, -0.25) is 0 Å². The van der Waals surface area contributed by atoms with Crippen molar-refractivity contribution in [1.29, 1.82) is 0 Å². The maximum atomic E-state index is 5.57. The molecule has 3 nitrogen and oxygen atoms in total. The molecule has 0 fully saturated rings. The van der Waals surface area contributed by atoms with E-state index in [1.165, 1.54) is 4.88 Å². The monoisotopic (exact) mass is 213 g/mol. The molecule has 2 atom stereocenters. The van der Waals surface area contributed by atoms with Gasteiger partial charge in [0.25, 0.3) is 0 Å². The number of nitrogens with zero attached hydrogens (tertiary/aromatic N) is 1. The molecule has 80 valence electrons. The minimum absolute atomic E-state index is 0.347. The number of thiazole rings is 1. The highest BCUT2D eigenvalue weighted by atomic mass is 32.1. The van der Waals surface area contributed by atoms with Crippen molar-refractivity contribution in [3.05, 3.63) is 15.6 Å². The van der Waals surface area contributed by atoms with E-state index in [1.807, 2.05) is 6.92 Å². The fraction of sp³-hybridized carbons (Fsp3) is 0.700. The Bertz CT molecular complexity index is 296. The summed E-state index contributed by atoms with van der Waals surface area (Å²) in [5.41, 5.74) is 6.70. The molecule has 1 aromatic rings. The lowest BCUT2D eigenvalue weighted by Gasteiger charge is -2.17. The molecule has 0 aliphatic heterocycles. The van der Waals surface area contributed by atoms with Crippen molar-refractivity contribution >= 4 is 11.3 Å². The summed E-state index contributed by atoms with van der Waals surface area (Å²) in [6.07, 6.45) is 0. The summed E-state index contributed by atoms with van der Waals surface area (Å²) in [5.74, 6) is 0. The van der Waals surface area contributed by atoms with Crippen molar-refractivity contribution in [3.63, 3.8) is 0 Å². The van der Waals surface area contributed by atoms with Gasteiger partial charge in [-0.25, -0.2) is 4.98 Å². The van der Waals surface area contributed by atoms with Crippen LogP contribution >= 0.6 is 11.3 Å². The van der Waals surface area contributed by atoms with Crippen LogP contribution in [0.1, 0.15) is 35.5 Å². The number of hydrogen-bond donors (Lipinski definition) is 2. The number of nitrogens with one attached hydrogen (secondary N) is 1. The molecule has 0 aliphatic rings. The van der Waals surface area contributed by atoms with Crippen LogP contribution in [0.3, 0.4) is 0 Å². The van der Waals surface area contributed by atoms with Crippen molar-refractivity contribution in [2.45, 2.75) is 39.8 Å². The average molecular weight is 213 g/mol. The zero-order valence-electron chi connectivity index (χ0n) is 9.29. The van der Waals surface area contributed by atoms with Crippen LogP contribution < -0.4 is 11.1 Å². The molecule has 2 unspecified atom stereocenters. The standard InChI is InChI=1S/C10H19N3S/c1-6(5-11)12-7(2)10-8(3)13-9(4)14-10/h6-7,12H,5,11H2,1-4H3. The molecule has 0 aliphatic carbocycles. The number of aromatic nitrogens is 1. The smallest absolute Gasteiger partial charge is 0.0900 e. The van der Waals surface area contributed by atoms with Crippen LogP contribution in [0.25, 0.3) is 0 Å². The summed E-state index contributed by atoms with van der Waals surface area (Å²) in [6.45, 7) is 9.03. The van der Waals surface area contributed by atoms with Crippen molar-refractivity contribution < 1.29 is 0 Å². The van der Waals surface area contributed by atoms with Gasteiger partial charge in [-0.15, -0.1) is 11.3 Å². The minimum Gasteiger partial charge on any atom is -0.329 e. The molecule has 0 spiro atoms. The first-order chi connectivity index (χ1) is 6.54. The second-order valence-electron chi connectivity index (χ2n) is 3.71. The third-order valence-electron chi connectivity index (χ3n) is 2.22. The summed E-state index contributed by atoms with van der Waals surface area (Å²) >= 11 is 1.76. The van der Waals surface area contributed by atoms with E-state index in [2.05, 4.69) is 31.1 Å². The van der Waals surface area contributed by atoms with Crippen LogP contribution in [0.4, 0.5) is 0 Å². The molecule has 0 saturated heterocycles. The molecular weight excluding hydrogens is 194 g/mol. The second kappa shape index (κ2) is 4.87. The lowest BCUT2D eigenvalue weighted by Crippen LogP contribution is -2.34. The Morgan fingerprint density at radius 1 is 1.43 bits per heavy atom. The Labute approximate surface area is 89.7 Å². The van der Waals surface area contributed by atoms with Crippen molar-refractivity contribution in [2.75, 3.05) is 6.54 Å². The molecule has 0 radical (unpaired) electrons. The lowest BCUT2D eigenvalue weighted by molar-refractivity contribution is 0.488. The van der Waals surface area contributed by atoms with Crippen molar-refractivity contribution in [2.24, 2.45) is 5.73 Å². The van der Waals surface area contributed by atoms with Crippen LogP contribution in [0.15, 0.2) is 0 Å². The zero-order valence-corrected chi connectivity index (χ0v) is 10.1. The van der Waals surface area contributed by atoms with Crippen molar-refractivity contribution in [1.82, 2.24) is 10.3 Å². The van der Waals surface area contributed by atoms with E-state index in [0.717, 1.165) is 10.7 Å². The quantitative estimate of drug-likeness (QED) is 0.801. The highest BCUT2D eigenvalue weighted by molar-refractivity contribution is 7.11. The van der Waals surface area contributed by atoms with Gasteiger partial charge in [-0.05, 0) is 27.7 Å². The highest BCUT2D eigenvalue weighted by Crippen LogP contribution is 2.24. The van der Waals surface area contributed by atoms with Gasteiger partial charge in [-0.2, -0.15) is 0 Å². The Morgan fingerprint density at radius 2 is 2.07 bits per heavy atom. The molecule has 0 aromatic carbocycles. The normalized spacial score (nSPS) is 15.5.